The molecule has 3 nitrogen and oxygen atoms in total. The first-order chi connectivity index (χ1) is 9.38. The number of nitrogens with one attached hydrogen (secondary N) is 1. The molecule has 1 amide bonds. The Morgan fingerprint density at radius 1 is 0.950 bits per heavy atom. The molecule has 0 fully saturated rings. The third-order valence-electron chi connectivity index (χ3n) is 2.50. The Labute approximate surface area is 135 Å². The van der Waals surface area contributed by atoms with Crippen molar-refractivity contribution >= 4 is 63.7 Å². The van der Waals surface area contributed by atoms with Gasteiger partial charge in [-0.3, -0.25) is 4.79 Å². The van der Waals surface area contributed by atoms with Crippen LogP contribution in [-0.4, -0.2) is 5.91 Å². The zero-order chi connectivity index (χ0) is 14.9. The maximum atomic E-state index is 12.1. The molecule has 0 bridgehead atoms. The average molecular weight is 350 g/mol. The second kappa shape index (κ2) is 6.10. The Balaban J connectivity index is 2.30. The molecule has 0 aromatic heterocycles. The first-order valence-electron chi connectivity index (χ1n) is 5.39. The van der Waals surface area contributed by atoms with Crippen LogP contribution in [0, 0.1) is 0 Å². The van der Waals surface area contributed by atoms with Crippen LogP contribution in [0.15, 0.2) is 30.3 Å². The molecule has 0 aliphatic heterocycles. The Morgan fingerprint density at radius 2 is 1.55 bits per heavy atom. The van der Waals surface area contributed by atoms with Crippen LogP contribution < -0.4 is 11.1 Å². The summed E-state index contributed by atoms with van der Waals surface area (Å²) < 4.78 is 0. The highest BCUT2D eigenvalue weighted by molar-refractivity contribution is 6.42. The second-order valence-electron chi connectivity index (χ2n) is 3.93. The quantitative estimate of drug-likeness (QED) is 0.738. The maximum absolute atomic E-state index is 12.1. The molecule has 0 saturated heterocycles. The number of nitrogens with two attached hydrogens (primary N) is 1. The lowest BCUT2D eigenvalue weighted by Gasteiger charge is -2.10. The molecular formula is C13H8Cl4N2O. The molecule has 0 unspecified atom stereocenters. The number of halogens is 4. The highest BCUT2D eigenvalue weighted by atomic mass is 35.5. The van der Waals surface area contributed by atoms with Gasteiger partial charge in [-0.05, 0) is 30.3 Å². The number of hydrogen-bond donors (Lipinski definition) is 2. The molecule has 2 rings (SSSR count). The standard InChI is InChI=1S/C13H8Cl4N2O/c14-7-4-9(16)12(10(17)5-7)19-13(20)6-1-2-8(15)11(18)3-6/h1-5H,18H2,(H,19,20). The van der Waals surface area contributed by atoms with Crippen molar-refractivity contribution in [1.82, 2.24) is 0 Å². The number of amides is 1. The number of carbonyl (C=O) groups is 1. The van der Waals surface area contributed by atoms with Gasteiger partial charge in [-0.2, -0.15) is 0 Å². The third kappa shape index (κ3) is 3.30. The van der Waals surface area contributed by atoms with Gasteiger partial charge in [0, 0.05) is 10.6 Å². The summed E-state index contributed by atoms with van der Waals surface area (Å²) in [5.41, 5.74) is 6.59. The SMILES string of the molecule is Nc1cc(C(=O)Nc2c(Cl)cc(Cl)cc2Cl)ccc1Cl. The summed E-state index contributed by atoms with van der Waals surface area (Å²) >= 11 is 23.6. The zero-order valence-electron chi connectivity index (χ0n) is 9.88. The van der Waals surface area contributed by atoms with Gasteiger partial charge in [-0.15, -0.1) is 0 Å². The van der Waals surface area contributed by atoms with Crippen molar-refractivity contribution < 1.29 is 4.79 Å². The molecule has 0 radical (unpaired) electrons. The Morgan fingerprint density at radius 3 is 2.10 bits per heavy atom. The normalized spacial score (nSPS) is 10.4. The van der Waals surface area contributed by atoms with E-state index >= 15 is 0 Å². The lowest BCUT2D eigenvalue weighted by Crippen LogP contribution is -2.13. The molecule has 0 saturated carbocycles. The summed E-state index contributed by atoms with van der Waals surface area (Å²) in [6, 6.07) is 7.53. The van der Waals surface area contributed by atoms with Gasteiger partial charge in [0.05, 0.1) is 26.4 Å². The van der Waals surface area contributed by atoms with Crippen LogP contribution in [-0.2, 0) is 0 Å². The summed E-state index contributed by atoms with van der Waals surface area (Å²) in [6.45, 7) is 0. The van der Waals surface area contributed by atoms with Crippen LogP contribution in [0.5, 0.6) is 0 Å². The summed E-state index contributed by atoms with van der Waals surface area (Å²) in [5.74, 6) is -0.403. The second-order valence-corrected chi connectivity index (χ2v) is 5.59. The highest BCUT2D eigenvalue weighted by Crippen LogP contribution is 2.34. The fourth-order valence-corrected chi connectivity index (χ4v) is 2.56. The lowest BCUT2D eigenvalue weighted by molar-refractivity contribution is 0.102. The molecule has 0 spiro atoms. The highest BCUT2D eigenvalue weighted by Gasteiger charge is 2.13. The molecule has 2 aromatic carbocycles. The van der Waals surface area contributed by atoms with Gasteiger partial charge in [0.1, 0.15) is 0 Å². The van der Waals surface area contributed by atoms with E-state index in [0.29, 0.717) is 21.3 Å². The van der Waals surface area contributed by atoms with Crippen LogP contribution >= 0.6 is 46.4 Å². The van der Waals surface area contributed by atoms with Gasteiger partial charge in [0.15, 0.2) is 0 Å². The molecular weight excluding hydrogens is 342 g/mol. The fourth-order valence-electron chi connectivity index (χ4n) is 1.53. The molecule has 104 valence electrons. The molecule has 0 aliphatic carbocycles. The lowest BCUT2D eigenvalue weighted by atomic mass is 10.2. The van der Waals surface area contributed by atoms with Crippen molar-refractivity contribution in [2.45, 2.75) is 0 Å². The minimum atomic E-state index is -0.403. The minimum absolute atomic E-state index is 0.248. The number of benzene rings is 2. The van der Waals surface area contributed by atoms with E-state index in [4.69, 9.17) is 52.1 Å². The Kier molecular flexibility index (Phi) is 4.66. The van der Waals surface area contributed by atoms with Gasteiger partial charge in [0.2, 0.25) is 0 Å². The summed E-state index contributed by atoms with van der Waals surface area (Å²) in [7, 11) is 0. The van der Waals surface area contributed by atoms with E-state index in [1.165, 1.54) is 24.3 Å². The molecule has 3 N–H and O–H groups in total. The molecule has 7 heteroatoms. The van der Waals surface area contributed by atoms with Gasteiger partial charge in [0.25, 0.3) is 5.91 Å². The van der Waals surface area contributed by atoms with Crippen LogP contribution in [0.2, 0.25) is 20.1 Å². The van der Waals surface area contributed by atoms with Gasteiger partial charge in [-0.1, -0.05) is 46.4 Å². The van der Waals surface area contributed by atoms with E-state index in [0.717, 1.165) is 0 Å². The first kappa shape index (κ1) is 15.3. The number of nitrogen functional groups attached to an aromatic ring is 1. The predicted molar refractivity (Wildman–Crippen MR) is 85.3 cm³/mol. The summed E-state index contributed by atoms with van der Waals surface area (Å²) in [5, 5.41) is 3.87. The van der Waals surface area contributed by atoms with Gasteiger partial charge < -0.3 is 11.1 Å². The van der Waals surface area contributed by atoms with E-state index < -0.39 is 5.91 Å². The average Bonchev–Trinajstić information content (AvgIpc) is 2.36. The zero-order valence-corrected chi connectivity index (χ0v) is 12.9. The van der Waals surface area contributed by atoms with E-state index in [-0.39, 0.29) is 15.7 Å². The van der Waals surface area contributed by atoms with Crippen LogP contribution in [0.3, 0.4) is 0 Å². The Bertz CT molecular complexity index is 665. The largest absolute Gasteiger partial charge is 0.398 e. The van der Waals surface area contributed by atoms with Crippen molar-refractivity contribution in [2.75, 3.05) is 11.1 Å². The minimum Gasteiger partial charge on any atom is -0.398 e. The van der Waals surface area contributed by atoms with Crippen molar-refractivity contribution in [3.63, 3.8) is 0 Å². The van der Waals surface area contributed by atoms with E-state index in [1.807, 2.05) is 0 Å². The van der Waals surface area contributed by atoms with Crippen LogP contribution in [0.1, 0.15) is 10.4 Å². The van der Waals surface area contributed by atoms with Gasteiger partial charge >= 0.3 is 0 Å². The molecule has 0 aliphatic rings. The fraction of sp³-hybridized carbons (Fsp3) is 0. The third-order valence-corrected chi connectivity index (χ3v) is 3.66. The Hall–Kier alpha value is -1.13. The summed E-state index contributed by atoms with van der Waals surface area (Å²) in [6.07, 6.45) is 0. The van der Waals surface area contributed by atoms with E-state index in [1.54, 1.807) is 6.07 Å². The molecule has 0 heterocycles. The number of anilines is 2. The van der Waals surface area contributed by atoms with E-state index in [9.17, 15) is 4.79 Å². The summed E-state index contributed by atoms with van der Waals surface area (Å²) in [4.78, 5) is 12.1. The predicted octanol–water partition coefficient (Wildman–Crippen LogP) is 5.13. The van der Waals surface area contributed by atoms with Crippen molar-refractivity contribution in [1.29, 1.82) is 0 Å². The van der Waals surface area contributed by atoms with Crippen molar-refractivity contribution in [2.24, 2.45) is 0 Å². The molecule has 0 atom stereocenters. The molecule has 20 heavy (non-hydrogen) atoms. The maximum Gasteiger partial charge on any atom is 0.255 e. The number of carbonyl (C=O) groups excluding carboxylic acids is 1. The monoisotopic (exact) mass is 348 g/mol. The van der Waals surface area contributed by atoms with Crippen LogP contribution in [0.4, 0.5) is 11.4 Å². The van der Waals surface area contributed by atoms with Crippen LogP contribution in [0.25, 0.3) is 0 Å². The number of hydrogen-bond acceptors (Lipinski definition) is 2. The number of rotatable bonds is 2. The topological polar surface area (TPSA) is 55.1 Å². The van der Waals surface area contributed by atoms with Gasteiger partial charge in [-0.25, -0.2) is 0 Å². The molecule has 2 aromatic rings. The smallest absolute Gasteiger partial charge is 0.255 e. The van der Waals surface area contributed by atoms with Crippen molar-refractivity contribution in [3.8, 4) is 0 Å². The van der Waals surface area contributed by atoms with E-state index in [2.05, 4.69) is 5.32 Å². The first-order valence-corrected chi connectivity index (χ1v) is 6.90. The van der Waals surface area contributed by atoms with Crippen molar-refractivity contribution in [3.05, 3.63) is 56.0 Å².